The van der Waals surface area contributed by atoms with Gasteiger partial charge in [-0.2, -0.15) is 0 Å². The number of carbonyl (C=O) groups excluding carboxylic acids is 2. The van der Waals surface area contributed by atoms with Gasteiger partial charge in [-0.3, -0.25) is 4.79 Å². The van der Waals surface area contributed by atoms with Crippen molar-refractivity contribution in [3.8, 4) is 0 Å². The Bertz CT molecular complexity index is 285. The zero-order valence-electron chi connectivity index (χ0n) is 12.1. The molecule has 0 radical (unpaired) electrons. The first-order chi connectivity index (χ1) is 8.17. The molecule has 0 aromatic rings. The minimum Gasteiger partial charge on any atom is -0.550 e. The Kier molecular flexibility index (Phi) is 22.1. The van der Waals surface area contributed by atoms with Crippen LogP contribution in [0.2, 0.25) is 0 Å². The average molecular weight is 324 g/mol. The number of hydrogen-bond donors (Lipinski definition) is 0. The standard InChI is InChI=1S/C13H25NO4.4CH4/c1-6-11(9-10(2)12(15)16)13(17)18-8-7-14(3,4)5;;;;/h10-11H,6-9H2,1-5H3;4*1H4. The summed E-state index contributed by atoms with van der Waals surface area (Å²) in [6, 6.07) is 0. The molecule has 0 heterocycles. The van der Waals surface area contributed by atoms with Gasteiger partial charge < -0.3 is 19.1 Å². The zero-order valence-corrected chi connectivity index (χ0v) is 12.1. The summed E-state index contributed by atoms with van der Waals surface area (Å²) in [6.45, 7) is 4.50. The van der Waals surface area contributed by atoms with E-state index in [4.69, 9.17) is 4.74 Å². The number of nitrogens with zero attached hydrogens (tertiary/aromatic N) is 1. The average Bonchev–Trinajstić information content (AvgIpc) is 2.23. The van der Waals surface area contributed by atoms with Crippen LogP contribution < -0.4 is 5.11 Å². The summed E-state index contributed by atoms with van der Waals surface area (Å²) in [7, 11) is 6.05. The Morgan fingerprint density at radius 2 is 1.55 bits per heavy atom. The normalized spacial score (nSPS) is 12.2. The fourth-order valence-corrected chi connectivity index (χ4v) is 1.49. The zero-order chi connectivity index (χ0) is 14.3. The largest absolute Gasteiger partial charge is 0.550 e. The van der Waals surface area contributed by atoms with Crippen molar-refractivity contribution < 1.29 is 23.9 Å². The van der Waals surface area contributed by atoms with Crippen molar-refractivity contribution in [2.75, 3.05) is 34.3 Å². The second-order valence-electron chi connectivity index (χ2n) is 5.74. The van der Waals surface area contributed by atoms with Gasteiger partial charge in [0.25, 0.3) is 0 Å². The number of ether oxygens (including phenoxy) is 1. The van der Waals surface area contributed by atoms with Crippen molar-refractivity contribution in [3.63, 3.8) is 0 Å². The number of carboxylic acids is 1. The summed E-state index contributed by atoms with van der Waals surface area (Å²) in [4.78, 5) is 22.4. The van der Waals surface area contributed by atoms with Gasteiger partial charge in [0, 0.05) is 5.97 Å². The molecule has 0 aliphatic heterocycles. The second kappa shape index (κ2) is 14.8. The van der Waals surface area contributed by atoms with Crippen molar-refractivity contribution in [3.05, 3.63) is 0 Å². The quantitative estimate of drug-likeness (QED) is 0.508. The molecule has 2 atom stereocenters. The van der Waals surface area contributed by atoms with Gasteiger partial charge in [0.1, 0.15) is 13.2 Å². The highest BCUT2D eigenvalue weighted by molar-refractivity contribution is 5.74. The molecular weight excluding hydrogens is 282 g/mol. The third-order valence-corrected chi connectivity index (χ3v) is 2.87. The lowest BCUT2D eigenvalue weighted by Crippen LogP contribution is -2.38. The number of carboxylic acid groups (broad SMARTS) is 1. The number of hydrogen-bond acceptors (Lipinski definition) is 4. The van der Waals surface area contributed by atoms with Crippen LogP contribution in [0.1, 0.15) is 56.4 Å². The van der Waals surface area contributed by atoms with Gasteiger partial charge in [0.15, 0.2) is 0 Å². The molecule has 0 aromatic heterocycles. The summed E-state index contributed by atoms with van der Waals surface area (Å²) in [6.07, 6.45) is 0.864. The third-order valence-electron chi connectivity index (χ3n) is 2.87. The molecule has 5 heteroatoms. The van der Waals surface area contributed by atoms with E-state index >= 15 is 0 Å². The van der Waals surface area contributed by atoms with Crippen molar-refractivity contribution in [2.24, 2.45) is 11.8 Å². The summed E-state index contributed by atoms with van der Waals surface area (Å²) in [5.41, 5.74) is 0. The van der Waals surface area contributed by atoms with Crippen molar-refractivity contribution in [1.82, 2.24) is 0 Å². The van der Waals surface area contributed by atoms with Gasteiger partial charge in [-0.05, 0) is 18.8 Å². The Hall–Kier alpha value is -1.10. The minimum absolute atomic E-state index is 0. The molecular formula is C17H41NO4. The van der Waals surface area contributed by atoms with E-state index in [9.17, 15) is 14.7 Å². The van der Waals surface area contributed by atoms with Crippen LogP contribution in [0.4, 0.5) is 0 Å². The molecule has 0 fully saturated rings. The molecule has 0 aliphatic rings. The van der Waals surface area contributed by atoms with Crippen LogP contribution in [0.25, 0.3) is 0 Å². The summed E-state index contributed by atoms with van der Waals surface area (Å²) < 4.78 is 5.91. The van der Waals surface area contributed by atoms with Gasteiger partial charge in [0.05, 0.1) is 27.1 Å². The van der Waals surface area contributed by atoms with Gasteiger partial charge in [-0.25, -0.2) is 0 Å². The maximum atomic E-state index is 11.8. The molecule has 0 spiro atoms. The lowest BCUT2D eigenvalue weighted by atomic mass is 9.94. The first-order valence-electron chi connectivity index (χ1n) is 6.35. The molecule has 5 nitrogen and oxygen atoms in total. The minimum atomic E-state index is -1.12. The van der Waals surface area contributed by atoms with E-state index in [1.807, 2.05) is 28.1 Å². The van der Waals surface area contributed by atoms with Gasteiger partial charge in [-0.15, -0.1) is 0 Å². The molecule has 0 N–H and O–H groups in total. The number of aliphatic carboxylic acids is 1. The maximum absolute atomic E-state index is 11.8. The number of rotatable bonds is 8. The highest BCUT2D eigenvalue weighted by Crippen LogP contribution is 2.17. The molecule has 0 saturated heterocycles. The van der Waals surface area contributed by atoms with Crippen LogP contribution in [0, 0.1) is 11.8 Å². The Morgan fingerprint density at radius 1 is 1.09 bits per heavy atom. The molecule has 0 bridgehead atoms. The first kappa shape index (κ1) is 32.7. The molecule has 0 rings (SSSR count). The SMILES string of the molecule is C.C.C.C.CCC(CC(C)C(=O)[O-])C(=O)OCC[N+](C)(C)C. The van der Waals surface area contributed by atoms with Crippen LogP contribution in [0.5, 0.6) is 0 Å². The molecule has 138 valence electrons. The van der Waals surface area contributed by atoms with Crippen LogP contribution in [-0.2, 0) is 14.3 Å². The molecule has 0 amide bonds. The topological polar surface area (TPSA) is 66.4 Å². The third kappa shape index (κ3) is 15.3. The number of likely N-dealkylation sites (N-methyl/N-ethyl adjacent to an activating group) is 1. The maximum Gasteiger partial charge on any atom is 0.309 e. The first-order valence-corrected chi connectivity index (χ1v) is 6.35. The molecule has 0 aromatic carbocycles. The number of quaternary nitrogens is 1. The van der Waals surface area contributed by atoms with E-state index in [2.05, 4.69) is 0 Å². The lowest BCUT2D eigenvalue weighted by Gasteiger charge is -2.24. The van der Waals surface area contributed by atoms with Crippen LogP contribution in [-0.4, -0.2) is 50.7 Å². The van der Waals surface area contributed by atoms with Gasteiger partial charge >= 0.3 is 5.97 Å². The smallest absolute Gasteiger partial charge is 0.309 e. The Balaban J connectivity index is -0.000000241. The van der Waals surface area contributed by atoms with E-state index in [1.54, 1.807) is 6.92 Å². The fraction of sp³-hybridized carbons (Fsp3) is 0.882. The summed E-state index contributed by atoms with van der Waals surface area (Å²) in [5, 5.41) is 10.7. The second-order valence-corrected chi connectivity index (χ2v) is 5.74. The molecule has 0 saturated carbocycles. The van der Waals surface area contributed by atoms with Gasteiger partial charge in [0.2, 0.25) is 0 Å². The monoisotopic (exact) mass is 323 g/mol. The van der Waals surface area contributed by atoms with Gasteiger partial charge in [-0.1, -0.05) is 43.6 Å². The van der Waals surface area contributed by atoms with E-state index in [0.717, 1.165) is 11.0 Å². The van der Waals surface area contributed by atoms with E-state index in [-0.39, 0.29) is 48.0 Å². The molecule has 22 heavy (non-hydrogen) atoms. The Labute approximate surface area is 139 Å². The van der Waals surface area contributed by atoms with Crippen molar-refractivity contribution in [2.45, 2.75) is 56.4 Å². The summed E-state index contributed by atoms with van der Waals surface area (Å²) in [5.74, 6) is -2.40. The van der Waals surface area contributed by atoms with Crippen LogP contribution in [0.3, 0.4) is 0 Å². The van der Waals surface area contributed by atoms with Crippen LogP contribution in [0.15, 0.2) is 0 Å². The van der Waals surface area contributed by atoms with Crippen LogP contribution >= 0.6 is 0 Å². The lowest BCUT2D eigenvalue weighted by molar-refractivity contribution is -0.870. The van der Waals surface area contributed by atoms with E-state index in [0.29, 0.717) is 13.0 Å². The van der Waals surface area contributed by atoms with E-state index < -0.39 is 11.9 Å². The number of carbonyl (C=O) groups is 2. The van der Waals surface area contributed by atoms with Crippen molar-refractivity contribution in [1.29, 1.82) is 0 Å². The number of esters is 1. The predicted octanol–water partition coefficient (Wildman–Crippen LogP) is 2.58. The highest BCUT2D eigenvalue weighted by atomic mass is 16.5. The molecule has 2 unspecified atom stereocenters. The van der Waals surface area contributed by atoms with Crippen molar-refractivity contribution >= 4 is 11.9 Å². The van der Waals surface area contributed by atoms with E-state index in [1.165, 1.54) is 0 Å². The summed E-state index contributed by atoms with van der Waals surface area (Å²) >= 11 is 0. The fourth-order valence-electron chi connectivity index (χ4n) is 1.49. The Morgan fingerprint density at radius 3 is 1.86 bits per heavy atom. The highest BCUT2D eigenvalue weighted by Gasteiger charge is 2.22. The predicted molar refractivity (Wildman–Crippen MR) is 93.4 cm³/mol. The molecule has 0 aliphatic carbocycles.